The average Bonchev–Trinajstić information content (AvgIpc) is 2.53. The largest absolute Gasteiger partial charge is 0.493 e. The van der Waals surface area contributed by atoms with Gasteiger partial charge < -0.3 is 5.11 Å². The molecule has 2 aromatic heterocycles. The second-order valence-corrected chi connectivity index (χ2v) is 5.11. The standard InChI is InChI=1S/C15H14ClN5O2/c1-3-7-21-14(22)10(8-17)9(2)12(15(21)23)20-19-11-5-4-6-18-13(11)16/h4-6,22H,3,7H2,1-2H3. The molecule has 0 aliphatic carbocycles. The van der Waals surface area contributed by atoms with Gasteiger partial charge in [0.25, 0.3) is 5.56 Å². The highest BCUT2D eigenvalue weighted by Crippen LogP contribution is 2.28. The molecule has 1 N–H and O–H groups in total. The molecule has 0 aliphatic rings. The van der Waals surface area contributed by atoms with Crippen molar-refractivity contribution in [3.63, 3.8) is 0 Å². The predicted octanol–water partition coefficient (Wildman–Crippen LogP) is 3.61. The molecule has 8 heteroatoms. The highest BCUT2D eigenvalue weighted by Gasteiger charge is 2.18. The first kappa shape index (κ1) is 16.6. The maximum absolute atomic E-state index is 12.5. The van der Waals surface area contributed by atoms with Crippen LogP contribution in [0, 0.1) is 18.3 Å². The van der Waals surface area contributed by atoms with Crippen molar-refractivity contribution in [2.75, 3.05) is 0 Å². The van der Waals surface area contributed by atoms with Crippen LogP contribution in [0.2, 0.25) is 5.15 Å². The lowest BCUT2D eigenvalue weighted by Gasteiger charge is -2.11. The van der Waals surface area contributed by atoms with E-state index in [0.29, 0.717) is 12.1 Å². The van der Waals surface area contributed by atoms with E-state index in [9.17, 15) is 15.2 Å². The Kier molecular flexibility index (Phi) is 5.09. The minimum absolute atomic E-state index is 0.00397. The fourth-order valence-corrected chi connectivity index (χ4v) is 2.20. The van der Waals surface area contributed by atoms with E-state index in [1.54, 1.807) is 12.1 Å². The minimum Gasteiger partial charge on any atom is -0.493 e. The second kappa shape index (κ2) is 7.03. The Morgan fingerprint density at radius 2 is 2.22 bits per heavy atom. The monoisotopic (exact) mass is 331 g/mol. The van der Waals surface area contributed by atoms with E-state index in [4.69, 9.17) is 11.6 Å². The molecule has 0 fully saturated rings. The second-order valence-electron chi connectivity index (χ2n) is 4.75. The minimum atomic E-state index is -0.510. The molecule has 0 aromatic carbocycles. The number of aromatic nitrogens is 2. The van der Waals surface area contributed by atoms with Crippen molar-refractivity contribution in [3.8, 4) is 11.9 Å². The van der Waals surface area contributed by atoms with Gasteiger partial charge in [-0.2, -0.15) is 5.26 Å². The maximum atomic E-state index is 12.5. The van der Waals surface area contributed by atoms with Crippen LogP contribution in [0.1, 0.15) is 24.5 Å². The lowest BCUT2D eigenvalue weighted by Crippen LogP contribution is -2.21. The summed E-state index contributed by atoms with van der Waals surface area (Å²) in [4.78, 5) is 16.3. The van der Waals surface area contributed by atoms with Gasteiger partial charge >= 0.3 is 0 Å². The van der Waals surface area contributed by atoms with Gasteiger partial charge in [0.15, 0.2) is 10.8 Å². The molecule has 118 valence electrons. The van der Waals surface area contributed by atoms with Gasteiger partial charge in [-0.3, -0.25) is 9.36 Å². The molecule has 0 spiro atoms. The summed E-state index contributed by atoms with van der Waals surface area (Å²) in [6.45, 7) is 3.67. The first-order valence-corrected chi connectivity index (χ1v) is 7.27. The summed E-state index contributed by atoms with van der Waals surface area (Å²) in [5.74, 6) is -0.352. The smallest absolute Gasteiger partial charge is 0.281 e. The number of pyridine rings is 2. The van der Waals surface area contributed by atoms with Crippen molar-refractivity contribution in [1.82, 2.24) is 9.55 Å². The normalized spacial score (nSPS) is 10.9. The molecule has 0 amide bonds. The number of nitriles is 1. The van der Waals surface area contributed by atoms with Gasteiger partial charge in [0.1, 0.15) is 17.3 Å². The molecular weight excluding hydrogens is 318 g/mol. The first-order valence-electron chi connectivity index (χ1n) is 6.90. The van der Waals surface area contributed by atoms with Crippen LogP contribution in [-0.2, 0) is 6.54 Å². The van der Waals surface area contributed by atoms with Crippen LogP contribution in [0.5, 0.6) is 5.88 Å². The fourth-order valence-electron chi connectivity index (χ4n) is 2.04. The zero-order valence-electron chi connectivity index (χ0n) is 12.6. The van der Waals surface area contributed by atoms with E-state index in [2.05, 4.69) is 15.2 Å². The number of hydrogen-bond acceptors (Lipinski definition) is 6. The van der Waals surface area contributed by atoms with Gasteiger partial charge in [0.2, 0.25) is 5.88 Å². The average molecular weight is 332 g/mol. The third-order valence-electron chi connectivity index (χ3n) is 3.21. The SMILES string of the molecule is CCCn1c(O)c(C#N)c(C)c(N=Nc2cccnc2Cl)c1=O. The van der Waals surface area contributed by atoms with Crippen LogP contribution in [0.4, 0.5) is 11.4 Å². The van der Waals surface area contributed by atoms with Crippen molar-refractivity contribution in [3.05, 3.63) is 45.0 Å². The van der Waals surface area contributed by atoms with E-state index in [1.165, 1.54) is 13.1 Å². The fraction of sp³-hybridized carbons (Fsp3) is 0.267. The van der Waals surface area contributed by atoms with Gasteiger partial charge in [-0.25, -0.2) is 4.98 Å². The number of nitrogens with zero attached hydrogens (tertiary/aromatic N) is 5. The van der Waals surface area contributed by atoms with Crippen LogP contribution < -0.4 is 5.56 Å². The molecule has 2 aromatic rings. The number of hydrogen-bond donors (Lipinski definition) is 1. The molecule has 23 heavy (non-hydrogen) atoms. The zero-order valence-corrected chi connectivity index (χ0v) is 13.4. The first-order chi connectivity index (χ1) is 11.0. The quantitative estimate of drug-likeness (QED) is 0.682. The zero-order chi connectivity index (χ0) is 17.0. The Hall–Kier alpha value is -2.72. The molecule has 0 bridgehead atoms. The summed E-state index contributed by atoms with van der Waals surface area (Å²) in [6, 6.07) is 5.13. The Morgan fingerprint density at radius 3 is 2.83 bits per heavy atom. The van der Waals surface area contributed by atoms with Crippen molar-refractivity contribution < 1.29 is 5.11 Å². The third kappa shape index (κ3) is 3.22. The summed E-state index contributed by atoms with van der Waals surface area (Å²) in [6.07, 6.45) is 2.13. The van der Waals surface area contributed by atoms with Gasteiger partial charge in [0.05, 0.1) is 0 Å². The van der Waals surface area contributed by atoms with Gasteiger partial charge in [0, 0.05) is 18.3 Å². The molecule has 0 aliphatic heterocycles. The van der Waals surface area contributed by atoms with Gasteiger partial charge in [-0.05, 0) is 25.5 Å². The van der Waals surface area contributed by atoms with Crippen LogP contribution in [-0.4, -0.2) is 14.7 Å². The summed E-state index contributed by atoms with van der Waals surface area (Å²) >= 11 is 5.89. The summed E-state index contributed by atoms with van der Waals surface area (Å²) in [5.41, 5.74) is 0.0642. The van der Waals surface area contributed by atoms with E-state index in [0.717, 1.165) is 4.57 Å². The molecule has 2 rings (SSSR count). The lowest BCUT2D eigenvalue weighted by molar-refractivity contribution is 0.402. The Balaban J connectivity index is 2.63. The van der Waals surface area contributed by atoms with Crippen LogP contribution in [0.15, 0.2) is 33.4 Å². The summed E-state index contributed by atoms with van der Waals surface area (Å²) < 4.78 is 1.12. The van der Waals surface area contributed by atoms with E-state index in [1.807, 2.05) is 13.0 Å². The molecular formula is C15H14ClN5O2. The molecule has 0 radical (unpaired) electrons. The van der Waals surface area contributed by atoms with Gasteiger partial charge in [-0.1, -0.05) is 18.5 Å². The molecule has 0 saturated heterocycles. The van der Waals surface area contributed by atoms with E-state index < -0.39 is 5.56 Å². The van der Waals surface area contributed by atoms with Crippen molar-refractivity contribution >= 4 is 23.0 Å². The van der Waals surface area contributed by atoms with Crippen LogP contribution in [0.3, 0.4) is 0 Å². The Bertz CT molecular complexity index is 867. The highest BCUT2D eigenvalue weighted by atomic mass is 35.5. The number of azo groups is 1. The summed E-state index contributed by atoms with van der Waals surface area (Å²) in [5, 5.41) is 27.3. The molecule has 0 atom stereocenters. The number of rotatable bonds is 4. The molecule has 2 heterocycles. The Labute approximate surface area is 137 Å². The van der Waals surface area contributed by atoms with Crippen LogP contribution >= 0.6 is 11.6 Å². The predicted molar refractivity (Wildman–Crippen MR) is 85.5 cm³/mol. The lowest BCUT2D eigenvalue weighted by atomic mass is 10.1. The number of halogens is 1. The van der Waals surface area contributed by atoms with Gasteiger partial charge in [-0.15, -0.1) is 10.2 Å². The van der Waals surface area contributed by atoms with Crippen molar-refractivity contribution in [2.24, 2.45) is 10.2 Å². The van der Waals surface area contributed by atoms with E-state index in [-0.39, 0.29) is 34.4 Å². The van der Waals surface area contributed by atoms with E-state index >= 15 is 0 Å². The molecule has 7 nitrogen and oxygen atoms in total. The highest BCUT2D eigenvalue weighted by molar-refractivity contribution is 6.31. The van der Waals surface area contributed by atoms with Crippen molar-refractivity contribution in [2.45, 2.75) is 26.8 Å². The maximum Gasteiger partial charge on any atom is 0.281 e. The summed E-state index contributed by atoms with van der Waals surface area (Å²) in [7, 11) is 0. The molecule has 0 unspecified atom stereocenters. The third-order valence-corrected chi connectivity index (χ3v) is 3.50. The Morgan fingerprint density at radius 1 is 1.48 bits per heavy atom. The topological polar surface area (TPSA) is 104 Å². The number of aromatic hydroxyl groups is 1. The van der Waals surface area contributed by atoms with Crippen molar-refractivity contribution in [1.29, 1.82) is 5.26 Å². The molecule has 0 saturated carbocycles. The van der Waals surface area contributed by atoms with Crippen LogP contribution in [0.25, 0.3) is 0 Å².